The Kier molecular flexibility index (Phi) is 4.29. The van der Waals surface area contributed by atoms with Crippen molar-refractivity contribution < 1.29 is 4.79 Å². The molecule has 0 aliphatic carbocycles. The standard InChI is InChI=1S/C12H20N4OS/c1-3-4-10-11(18-15-14-10)12(17)16-6-5-9(13)7-8(16)2/h8-9H,3-7,13H2,1-2H3. The van der Waals surface area contributed by atoms with E-state index >= 15 is 0 Å². The third-order valence-electron chi connectivity index (χ3n) is 3.41. The van der Waals surface area contributed by atoms with Crippen LogP contribution in [0.1, 0.15) is 48.5 Å². The van der Waals surface area contributed by atoms with Crippen molar-refractivity contribution in [1.29, 1.82) is 0 Å². The quantitative estimate of drug-likeness (QED) is 0.900. The van der Waals surface area contributed by atoms with E-state index in [1.807, 2.05) is 4.90 Å². The first-order chi connectivity index (χ1) is 8.63. The Morgan fingerprint density at radius 3 is 3.06 bits per heavy atom. The van der Waals surface area contributed by atoms with Gasteiger partial charge in [-0.3, -0.25) is 4.79 Å². The molecule has 0 bridgehead atoms. The van der Waals surface area contributed by atoms with Crippen LogP contribution >= 0.6 is 11.5 Å². The van der Waals surface area contributed by atoms with Gasteiger partial charge in [0.25, 0.3) is 5.91 Å². The predicted molar refractivity (Wildman–Crippen MR) is 71.6 cm³/mol. The summed E-state index contributed by atoms with van der Waals surface area (Å²) in [5, 5.41) is 4.06. The number of hydrogen-bond donors (Lipinski definition) is 1. The lowest BCUT2D eigenvalue weighted by molar-refractivity contribution is 0.0622. The smallest absolute Gasteiger partial charge is 0.267 e. The summed E-state index contributed by atoms with van der Waals surface area (Å²) in [6.45, 7) is 4.88. The predicted octanol–water partition coefficient (Wildman–Crippen LogP) is 1.44. The fourth-order valence-electron chi connectivity index (χ4n) is 2.41. The van der Waals surface area contributed by atoms with Crippen LogP contribution in [0.25, 0.3) is 0 Å². The van der Waals surface area contributed by atoms with Gasteiger partial charge < -0.3 is 10.6 Å². The Morgan fingerprint density at radius 2 is 2.39 bits per heavy atom. The van der Waals surface area contributed by atoms with E-state index in [1.54, 1.807) is 0 Å². The Morgan fingerprint density at radius 1 is 1.61 bits per heavy atom. The highest BCUT2D eigenvalue weighted by Gasteiger charge is 2.30. The van der Waals surface area contributed by atoms with Crippen LogP contribution in [0.2, 0.25) is 0 Å². The molecule has 2 atom stereocenters. The summed E-state index contributed by atoms with van der Waals surface area (Å²) in [5.74, 6) is 0.0767. The van der Waals surface area contributed by atoms with Gasteiger partial charge in [-0.15, -0.1) is 5.10 Å². The number of rotatable bonds is 3. The maximum Gasteiger partial charge on any atom is 0.267 e. The van der Waals surface area contributed by atoms with Crippen molar-refractivity contribution in [2.75, 3.05) is 6.54 Å². The van der Waals surface area contributed by atoms with Gasteiger partial charge in [-0.2, -0.15) is 0 Å². The number of nitrogens with zero attached hydrogens (tertiary/aromatic N) is 3. The largest absolute Gasteiger partial charge is 0.335 e. The number of likely N-dealkylation sites (tertiary alicyclic amines) is 1. The van der Waals surface area contributed by atoms with E-state index in [2.05, 4.69) is 23.4 Å². The van der Waals surface area contributed by atoms with Gasteiger partial charge in [0, 0.05) is 18.6 Å². The molecule has 1 aliphatic rings. The van der Waals surface area contributed by atoms with Crippen molar-refractivity contribution in [3.63, 3.8) is 0 Å². The molecule has 2 N–H and O–H groups in total. The zero-order chi connectivity index (χ0) is 13.1. The summed E-state index contributed by atoms with van der Waals surface area (Å²) in [4.78, 5) is 15.1. The summed E-state index contributed by atoms with van der Waals surface area (Å²) >= 11 is 1.21. The molecule has 2 unspecified atom stereocenters. The Balaban J connectivity index is 2.13. The van der Waals surface area contributed by atoms with E-state index in [4.69, 9.17) is 5.73 Å². The molecule has 0 radical (unpaired) electrons. The molecule has 100 valence electrons. The average Bonchev–Trinajstić information content (AvgIpc) is 2.77. The molecule has 1 saturated heterocycles. The lowest BCUT2D eigenvalue weighted by Crippen LogP contribution is -2.48. The van der Waals surface area contributed by atoms with E-state index in [-0.39, 0.29) is 18.0 Å². The molecule has 0 saturated carbocycles. The molecule has 1 aromatic heterocycles. The summed E-state index contributed by atoms with van der Waals surface area (Å²) in [6, 6.07) is 0.427. The van der Waals surface area contributed by atoms with E-state index < -0.39 is 0 Å². The number of hydrogen-bond acceptors (Lipinski definition) is 5. The monoisotopic (exact) mass is 268 g/mol. The minimum atomic E-state index is 0.0767. The molecular weight excluding hydrogens is 248 g/mol. The molecule has 1 fully saturated rings. The molecule has 18 heavy (non-hydrogen) atoms. The van der Waals surface area contributed by atoms with Crippen LogP contribution in [0.4, 0.5) is 0 Å². The van der Waals surface area contributed by atoms with Crippen LogP contribution in [0.3, 0.4) is 0 Å². The third-order valence-corrected chi connectivity index (χ3v) is 4.17. The van der Waals surface area contributed by atoms with E-state index in [1.165, 1.54) is 11.5 Å². The second-order valence-corrected chi connectivity index (χ2v) is 5.68. The van der Waals surface area contributed by atoms with Gasteiger partial charge in [-0.25, -0.2) is 0 Å². The van der Waals surface area contributed by atoms with Gasteiger partial charge in [0.05, 0.1) is 5.69 Å². The summed E-state index contributed by atoms with van der Waals surface area (Å²) in [7, 11) is 0. The number of amides is 1. The Hall–Kier alpha value is -1.01. The fraction of sp³-hybridized carbons (Fsp3) is 0.750. The van der Waals surface area contributed by atoms with Crippen LogP contribution in [0, 0.1) is 0 Å². The zero-order valence-electron chi connectivity index (χ0n) is 10.9. The Bertz CT molecular complexity index is 420. The maximum absolute atomic E-state index is 12.5. The highest BCUT2D eigenvalue weighted by Crippen LogP contribution is 2.22. The third kappa shape index (κ3) is 2.70. The van der Waals surface area contributed by atoms with Gasteiger partial charge in [0.15, 0.2) is 0 Å². The molecular formula is C12H20N4OS. The van der Waals surface area contributed by atoms with Crippen molar-refractivity contribution in [3.8, 4) is 0 Å². The van der Waals surface area contributed by atoms with E-state index in [9.17, 15) is 4.79 Å². The normalized spacial score (nSPS) is 24.3. The molecule has 5 nitrogen and oxygen atoms in total. The molecule has 0 spiro atoms. The lowest BCUT2D eigenvalue weighted by Gasteiger charge is -2.36. The van der Waals surface area contributed by atoms with Crippen molar-refractivity contribution in [2.24, 2.45) is 5.73 Å². The highest BCUT2D eigenvalue weighted by molar-refractivity contribution is 7.08. The van der Waals surface area contributed by atoms with Crippen LogP contribution in [-0.2, 0) is 6.42 Å². The molecule has 1 aromatic rings. The van der Waals surface area contributed by atoms with Gasteiger partial charge in [-0.05, 0) is 37.7 Å². The molecule has 2 heterocycles. The molecule has 0 aromatic carbocycles. The van der Waals surface area contributed by atoms with Gasteiger partial charge in [0.1, 0.15) is 4.88 Å². The van der Waals surface area contributed by atoms with Gasteiger partial charge >= 0.3 is 0 Å². The number of aromatic nitrogens is 2. The molecule has 6 heteroatoms. The van der Waals surface area contributed by atoms with Crippen molar-refractivity contribution in [2.45, 2.75) is 51.6 Å². The van der Waals surface area contributed by atoms with Crippen LogP contribution in [0.15, 0.2) is 0 Å². The maximum atomic E-state index is 12.5. The second kappa shape index (κ2) is 5.75. The van der Waals surface area contributed by atoms with E-state index in [0.717, 1.165) is 37.9 Å². The topological polar surface area (TPSA) is 72.1 Å². The lowest BCUT2D eigenvalue weighted by atomic mass is 9.99. The van der Waals surface area contributed by atoms with Crippen LogP contribution < -0.4 is 5.73 Å². The molecule has 1 aliphatic heterocycles. The Labute approximate surface area is 112 Å². The summed E-state index contributed by atoms with van der Waals surface area (Å²) in [6.07, 6.45) is 3.55. The first kappa shape index (κ1) is 13.4. The summed E-state index contributed by atoms with van der Waals surface area (Å²) < 4.78 is 3.92. The van der Waals surface area contributed by atoms with Gasteiger partial charge in [0.2, 0.25) is 0 Å². The summed E-state index contributed by atoms with van der Waals surface area (Å²) in [5.41, 5.74) is 6.77. The first-order valence-electron chi connectivity index (χ1n) is 6.51. The number of aryl methyl sites for hydroxylation is 1. The SMILES string of the molecule is CCCc1nnsc1C(=O)N1CCC(N)CC1C. The first-order valence-corrected chi connectivity index (χ1v) is 7.28. The number of nitrogens with two attached hydrogens (primary N) is 1. The molecule has 1 amide bonds. The number of piperidine rings is 1. The molecule has 2 rings (SSSR count). The minimum Gasteiger partial charge on any atom is -0.335 e. The highest BCUT2D eigenvalue weighted by atomic mass is 32.1. The average molecular weight is 268 g/mol. The van der Waals surface area contributed by atoms with Crippen molar-refractivity contribution in [3.05, 3.63) is 10.6 Å². The minimum absolute atomic E-state index is 0.0767. The zero-order valence-corrected chi connectivity index (χ0v) is 11.7. The number of carbonyl (C=O) groups excluding carboxylic acids is 1. The van der Waals surface area contributed by atoms with Crippen LogP contribution in [0.5, 0.6) is 0 Å². The van der Waals surface area contributed by atoms with Crippen molar-refractivity contribution >= 4 is 17.4 Å². The number of carbonyl (C=O) groups is 1. The fourth-order valence-corrected chi connectivity index (χ4v) is 3.08. The van der Waals surface area contributed by atoms with Crippen LogP contribution in [-0.4, -0.2) is 39.0 Å². The van der Waals surface area contributed by atoms with Crippen molar-refractivity contribution in [1.82, 2.24) is 14.5 Å². The van der Waals surface area contributed by atoms with Gasteiger partial charge in [-0.1, -0.05) is 17.8 Å². The second-order valence-electron chi connectivity index (χ2n) is 4.93. The van der Waals surface area contributed by atoms with E-state index in [0.29, 0.717) is 4.88 Å².